The van der Waals surface area contributed by atoms with Gasteiger partial charge in [-0.3, -0.25) is 19.6 Å². The normalized spacial score (nSPS) is 13.7. The van der Waals surface area contributed by atoms with Crippen LogP contribution < -0.4 is 15.5 Å². The molecule has 1 saturated heterocycles. The largest absolute Gasteiger partial charge is 0.370 e. The number of anilines is 2. The molecular formula is C28H28N6O2. The molecule has 0 radical (unpaired) electrons. The highest BCUT2D eigenvalue weighted by Gasteiger charge is 2.19. The standard InChI is InChI=1S/C28H28N6O2/c29-27(36)8-6-24(35)17-20-1-3-21(4-2-20)22-5-7-25-26(18-22)32-28(19-31-25)34-15-13-33(14-16-34)23-9-11-30-12-10-23/h1-5,7,9-12,18-19H,6,8,13-17H2,(H2,29,36). The first kappa shape index (κ1) is 23.4. The smallest absolute Gasteiger partial charge is 0.217 e. The molecule has 8 nitrogen and oxygen atoms in total. The van der Waals surface area contributed by atoms with E-state index in [1.54, 1.807) is 0 Å². The predicted octanol–water partition coefficient (Wildman–Crippen LogP) is 3.40. The molecule has 2 aromatic carbocycles. The van der Waals surface area contributed by atoms with Crippen LogP contribution in [0.15, 0.2) is 73.2 Å². The zero-order valence-electron chi connectivity index (χ0n) is 20.0. The number of rotatable bonds is 8. The van der Waals surface area contributed by atoms with Gasteiger partial charge in [-0.25, -0.2) is 4.98 Å². The lowest BCUT2D eigenvalue weighted by molar-refractivity contribution is -0.123. The number of fused-ring (bicyclic) bond motifs is 1. The predicted molar refractivity (Wildman–Crippen MR) is 141 cm³/mol. The van der Waals surface area contributed by atoms with Gasteiger partial charge in [-0.2, -0.15) is 0 Å². The van der Waals surface area contributed by atoms with Crippen LogP contribution in [0, 0.1) is 0 Å². The Morgan fingerprint density at radius 3 is 2.22 bits per heavy atom. The van der Waals surface area contributed by atoms with Crippen molar-refractivity contribution in [2.24, 2.45) is 5.73 Å². The van der Waals surface area contributed by atoms with Crippen LogP contribution in [-0.4, -0.2) is 52.8 Å². The van der Waals surface area contributed by atoms with E-state index in [2.05, 4.69) is 25.8 Å². The molecule has 0 saturated carbocycles. The van der Waals surface area contributed by atoms with Crippen LogP contribution in [-0.2, 0) is 16.0 Å². The third-order valence-electron chi connectivity index (χ3n) is 6.50. The van der Waals surface area contributed by atoms with E-state index >= 15 is 0 Å². The molecule has 3 heterocycles. The number of primary amides is 1. The summed E-state index contributed by atoms with van der Waals surface area (Å²) in [5.74, 6) is 0.448. The monoisotopic (exact) mass is 480 g/mol. The lowest BCUT2D eigenvalue weighted by atomic mass is 10.0. The second-order valence-corrected chi connectivity index (χ2v) is 8.99. The molecule has 0 unspecified atom stereocenters. The first-order chi connectivity index (χ1) is 17.5. The highest BCUT2D eigenvalue weighted by atomic mass is 16.1. The lowest BCUT2D eigenvalue weighted by Gasteiger charge is -2.36. The molecule has 5 rings (SSSR count). The summed E-state index contributed by atoms with van der Waals surface area (Å²) in [6, 6.07) is 18.1. The Kier molecular flexibility index (Phi) is 6.84. The molecule has 4 aromatic rings. The molecule has 2 N–H and O–H groups in total. The van der Waals surface area contributed by atoms with Crippen LogP contribution in [0.5, 0.6) is 0 Å². The van der Waals surface area contributed by atoms with E-state index in [1.807, 2.05) is 67.1 Å². The number of nitrogens with zero attached hydrogens (tertiary/aromatic N) is 5. The summed E-state index contributed by atoms with van der Waals surface area (Å²) < 4.78 is 0. The van der Waals surface area contributed by atoms with Crippen molar-refractivity contribution in [1.82, 2.24) is 15.0 Å². The molecule has 1 amide bonds. The Hall–Kier alpha value is -4.33. The zero-order chi connectivity index (χ0) is 24.9. The van der Waals surface area contributed by atoms with Crippen molar-refractivity contribution in [2.75, 3.05) is 36.0 Å². The fraction of sp³-hybridized carbons (Fsp3) is 0.250. The van der Waals surface area contributed by atoms with E-state index in [1.165, 1.54) is 5.69 Å². The third-order valence-corrected chi connectivity index (χ3v) is 6.50. The van der Waals surface area contributed by atoms with Gasteiger partial charge >= 0.3 is 0 Å². The van der Waals surface area contributed by atoms with Gasteiger partial charge in [0.2, 0.25) is 5.91 Å². The zero-order valence-corrected chi connectivity index (χ0v) is 20.0. The van der Waals surface area contributed by atoms with Crippen molar-refractivity contribution in [3.8, 4) is 11.1 Å². The number of pyridine rings is 1. The van der Waals surface area contributed by atoms with Gasteiger partial charge in [0.25, 0.3) is 0 Å². The van der Waals surface area contributed by atoms with Gasteiger partial charge in [-0.05, 0) is 41.0 Å². The fourth-order valence-electron chi connectivity index (χ4n) is 4.48. The van der Waals surface area contributed by atoms with Gasteiger partial charge in [0, 0.05) is 63.5 Å². The van der Waals surface area contributed by atoms with Crippen LogP contribution in [0.2, 0.25) is 0 Å². The molecule has 0 atom stereocenters. The van der Waals surface area contributed by atoms with Crippen molar-refractivity contribution in [1.29, 1.82) is 0 Å². The van der Waals surface area contributed by atoms with E-state index in [0.29, 0.717) is 6.42 Å². The number of amides is 1. The maximum atomic E-state index is 12.0. The number of Topliss-reactive ketones (excluding diaryl/α,β-unsaturated/α-hetero) is 1. The Bertz CT molecular complexity index is 1370. The number of benzene rings is 2. The maximum absolute atomic E-state index is 12.0. The topological polar surface area (TPSA) is 105 Å². The minimum Gasteiger partial charge on any atom is -0.370 e. The molecule has 1 aliphatic heterocycles. The Morgan fingerprint density at radius 1 is 0.806 bits per heavy atom. The Labute approximate surface area is 209 Å². The molecule has 1 aliphatic rings. The highest BCUT2D eigenvalue weighted by Crippen LogP contribution is 2.25. The van der Waals surface area contributed by atoms with Gasteiger partial charge in [-0.1, -0.05) is 30.3 Å². The van der Waals surface area contributed by atoms with Gasteiger partial charge in [-0.15, -0.1) is 0 Å². The van der Waals surface area contributed by atoms with Gasteiger partial charge in [0.15, 0.2) is 0 Å². The van der Waals surface area contributed by atoms with E-state index in [-0.39, 0.29) is 18.6 Å². The van der Waals surface area contributed by atoms with Gasteiger partial charge in [0.05, 0.1) is 17.2 Å². The second-order valence-electron chi connectivity index (χ2n) is 8.99. The van der Waals surface area contributed by atoms with Gasteiger partial charge in [0.1, 0.15) is 11.6 Å². The molecule has 182 valence electrons. The van der Waals surface area contributed by atoms with Crippen molar-refractivity contribution in [2.45, 2.75) is 19.3 Å². The highest BCUT2D eigenvalue weighted by molar-refractivity contribution is 5.86. The molecular weight excluding hydrogens is 452 g/mol. The summed E-state index contributed by atoms with van der Waals surface area (Å²) in [5, 5.41) is 0. The van der Waals surface area contributed by atoms with E-state index in [0.717, 1.165) is 59.7 Å². The first-order valence-electron chi connectivity index (χ1n) is 12.1. The molecule has 0 spiro atoms. The molecule has 36 heavy (non-hydrogen) atoms. The van der Waals surface area contributed by atoms with E-state index in [9.17, 15) is 9.59 Å². The van der Waals surface area contributed by atoms with Crippen molar-refractivity contribution in [3.63, 3.8) is 0 Å². The minimum atomic E-state index is -0.450. The number of ketones is 1. The average molecular weight is 481 g/mol. The lowest BCUT2D eigenvalue weighted by Crippen LogP contribution is -2.46. The summed E-state index contributed by atoms with van der Waals surface area (Å²) >= 11 is 0. The molecule has 0 bridgehead atoms. The number of nitrogens with two attached hydrogens (primary N) is 1. The van der Waals surface area contributed by atoms with Crippen LogP contribution >= 0.6 is 0 Å². The van der Waals surface area contributed by atoms with E-state index in [4.69, 9.17) is 10.7 Å². The SMILES string of the molecule is NC(=O)CCC(=O)Cc1ccc(-c2ccc3ncc(N4CCN(c5ccncc5)CC4)nc3c2)cc1. The third kappa shape index (κ3) is 5.49. The number of piperazine rings is 1. The van der Waals surface area contributed by atoms with Crippen LogP contribution in [0.4, 0.5) is 11.5 Å². The molecule has 0 aliphatic carbocycles. The molecule has 8 heteroatoms. The fourth-order valence-corrected chi connectivity index (χ4v) is 4.48. The number of carbonyl (C=O) groups is 2. The Morgan fingerprint density at radius 2 is 1.50 bits per heavy atom. The minimum absolute atomic E-state index is 0.0108. The van der Waals surface area contributed by atoms with Crippen molar-refractivity contribution in [3.05, 3.63) is 78.8 Å². The number of hydrogen-bond acceptors (Lipinski definition) is 7. The van der Waals surface area contributed by atoms with E-state index < -0.39 is 5.91 Å². The Balaban J connectivity index is 1.27. The average Bonchev–Trinajstić information content (AvgIpc) is 2.92. The summed E-state index contributed by atoms with van der Waals surface area (Å²) in [4.78, 5) is 41.2. The van der Waals surface area contributed by atoms with Crippen LogP contribution in [0.3, 0.4) is 0 Å². The summed E-state index contributed by atoms with van der Waals surface area (Å²) in [6.07, 6.45) is 6.09. The second kappa shape index (κ2) is 10.5. The van der Waals surface area contributed by atoms with Crippen molar-refractivity contribution >= 4 is 34.2 Å². The van der Waals surface area contributed by atoms with Crippen LogP contribution in [0.25, 0.3) is 22.2 Å². The summed E-state index contributed by atoms with van der Waals surface area (Å²) in [7, 11) is 0. The quantitative estimate of drug-likeness (QED) is 0.412. The molecule has 1 fully saturated rings. The van der Waals surface area contributed by atoms with Crippen LogP contribution in [0.1, 0.15) is 18.4 Å². The first-order valence-corrected chi connectivity index (χ1v) is 12.1. The number of carbonyl (C=O) groups excluding carboxylic acids is 2. The number of hydrogen-bond donors (Lipinski definition) is 1. The van der Waals surface area contributed by atoms with Crippen molar-refractivity contribution < 1.29 is 9.59 Å². The van der Waals surface area contributed by atoms with Gasteiger partial charge < -0.3 is 15.5 Å². The number of aromatic nitrogens is 3. The summed E-state index contributed by atoms with van der Waals surface area (Å²) in [5.41, 5.74) is 11.0. The summed E-state index contributed by atoms with van der Waals surface area (Å²) in [6.45, 7) is 3.59. The molecule has 2 aromatic heterocycles. The maximum Gasteiger partial charge on any atom is 0.217 e.